The molecule has 1 unspecified atom stereocenters. The van der Waals surface area contributed by atoms with Gasteiger partial charge in [-0.25, -0.2) is 4.39 Å². The Bertz CT molecular complexity index is 354. The van der Waals surface area contributed by atoms with Crippen LogP contribution in [-0.2, 0) is 0 Å². The molecule has 0 aliphatic heterocycles. The van der Waals surface area contributed by atoms with Crippen LogP contribution in [0.3, 0.4) is 0 Å². The number of halogens is 1. The van der Waals surface area contributed by atoms with Crippen LogP contribution in [0.4, 0.5) is 10.1 Å². The van der Waals surface area contributed by atoms with Gasteiger partial charge in [-0.15, -0.1) is 0 Å². The second-order valence-corrected chi connectivity index (χ2v) is 4.98. The minimum absolute atomic E-state index is 0.156. The van der Waals surface area contributed by atoms with Crippen molar-refractivity contribution in [1.29, 1.82) is 0 Å². The van der Waals surface area contributed by atoms with Gasteiger partial charge in [0.15, 0.2) is 0 Å². The van der Waals surface area contributed by atoms with Crippen molar-refractivity contribution in [2.45, 2.75) is 52.0 Å². The van der Waals surface area contributed by atoms with Crippen molar-refractivity contribution in [2.75, 3.05) is 18.0 Å². The van der Waals surface area contributed by atoms with Crippen molar-refractivity contribution >= 4 is 5.69 Å². The second kappa shape index (κ2) is 8.92. The molecule has 1 atom stereocenters. The van der Waals surface area contributed by atoms with E-state index in [2.05, 4.69) is 18.7 Å². The van der Waals surface area contributed by atoms with Gasteiger partial charge in [-0.05, 0) is 25.5 Å². The van der Waals surface area contributed by atoms with Gasteiger partial charge in [-0.1, -0.05) is 44.7 Å². The highest BCUT2D eigenvalue weighted by molar-refractivity contribution is 5.48. The van der Waals surface area contributed by atoms with Crippen molar-refractivity contribution in [3.8, 4) is 0 Å². The van der Waals surface area contributed by atoms with Crippen molar-refractivity contribution in [2.24, 2.45) is 5.73 Å². The van der Waals surface area contributed by atoms with E-state index < -0.39 is 0 Å². The van der Waals surface area contributed by atoms with Gasteiger partial charge in [-0.3, -0.25) is 0 Å². The molecule has 0 amide bonds. The Morgan fingerprint density at radius 1 is 1.16 bits per heavy atom. The molecule has 0 aliphatic rings. The van der Waals surface area contributed by atoms with Gasteiger partial charge >= 0.3 is 0 Å². The van der Waals surface area contributed by atoms with E-state index in [1.54, 1.807) is 6.07 Å². The van der Waals surface area contributed by atoms with Crippen LogP contribution in [0.5, 0.6) is 0 Å². The summed E-state index contributed by atoms with van der Waals surface area (Å²) in [5.41, 5.74) is 6.56. The molecule has 108 valence electrons. The first-order chi connectivity index (χ1) is 9.24. The topological polar surface area (TPSA) is 29.3 Å². The third kappa shape index (κ3) is 4.83. The van der Waals surface area contributed by atoms with E-state index >= 15 is 0 Å². The molecule has 2 nitrogen and oxygen atoms in total. The van der Waals surface area contributed by atoms with Crippen molar-refractivity contribution in [3.63, 3.8) is 0 Å². The summed E-state index contributed by atoms with van der Waals surface area (Å²) >= 11 is 0. The van der Waals surface area contributed by atoms with E-state index in [1.807, 2.05) is 12.1 Å². The zero-order valence-electron chi connectivity index (χ0n) is 12.2. The average Bonchev–Trinajstić information content (AvgIpc) is 2.44. The highest BCUT2D eigenvalue weighted by Gasteiger charge is 2.18. The number of unbranched alkanes of at least 4 members (excludes halogenated alkanes) is 3. The summed E-state index contributed by atoms with van der Waals surface area (Å²) in [6.45, 7) is 5.63. The Balaban J connectivity index is 2.67. The van der Waals surface area contributed by atoms with Gasteiger partial charge in [0.25, 0.3) is 0 Å². The molecule has 19 heavy (non-hydrogen) atoms. The Hall–Kier alpha value is -1.09. The van der Waals surface area contributed by atoms with Gasteiger partial charge in [0.05, 0.1) is 5.69 Å². The summed E-state index contributed by atoms with van der Waals surface area (Å²) in [5.74, 6) is -0.156. The highest BCUT2D eigenvalue weighted by Crippen LogP contribution is 2.22. The van der Waals surface area contributed by atoms with Crippen molar-refractivity contribution in [1.82, 2.24) is 0 Å². The predicted molar refractivity (Wildman–Crippen MR) is 81.0 cm³/mol. The van der Waals surface area contributed by atoms with Gasteiger partial charge in [0.1, 0.15) is 5.82 Å². The van der Waals surface area contributed by atoms with Gasteiger partial charge < -0.3 is 10.6 Å². The van der Waals surface area contributed by atoms with E-state index in [0.717, 1.165) is 13.0 Å². The number of nitrogens with two attached hydrogens (primary N) is 1. The molecule has 0 radical (unpaired) electrons. The summed E-state index contributed by atoms with van der Waals surface area (Å²) in [6.07, 6.45) is 5.95. The van der Waals surface area contributed by atoms with Crippen LogP contribution in [0.2, 0.25) is 0 Å². The van der Waals surface area contributed by atoms with Crippen LogP contribution < -0.4 is 10.6 Å². The SMILES string of the molecule is CCCCCCC(CN)N(CC)c1ccccc1F. The molecule has 0 heterocycles. The van der Waals surface area contributed by atoms with Crippen LogP contribution in [-0.4, -0.2) is 19.1 Å². The van der Waals surface area contributed by atoms with Crippen LogP contribution in [0.1, 0.15) is 46.0 Å². The molecule has 3 heteroatoms. The third-order valence-electron chi connectivity index (χ3n) is 3.61. The molecule has 0 bridgehead atoms. The van der Waals surface area contributed by atoms with Crippen molar-refractivity contribution < 1.29 is 4.39 Å². The lowest BCUT2D eigenvalue weighted by atomic mass is 10.0. The summed E-state index contributed by atoms with van der Waals surface area (Å²) in [7, 11) is 0. The van der Waals surface area contributed by atoms with E-state index in [4.69, 9.17) is 5.73 Å². The van der Waals surface area contributed by atoms with Crippen molar-refractivity contribution in [3.05, 3.63) is 30.1 Å². The summed E-state index contributed by atoms with van der Waals surface area (Å²) in [6, 6.07) is 7.20. The number of hydrogen-bond donors (Lipinski definition) is 1. The lowest BCUT2D eigenvalue weighted by molar-refractivity contribution is 0.511. The zero-order chi connectivity index (χ0) is 14.1. The quantitative estimate of drug-likeness (QED) is 0.686. The zero-order valence-corrected chi connectivity index (χ0v) is 12.2. The smallest absolute Gasteiger partial charge is 0.146 e. The largest absolute Gasteiger partial charge is 0.365 e. The molecule has 1 rings (SSSR count). The normalized spacial score (nSPS) is 12.4. The van der Waals surface area contributed by atoms with E-state index in [1.165, 1.54) is 31.7 Å². The summed E-state index contributed by atoms with van der Waals surface area (Å²) in [4.78, 5) is 2.10. The van der Waals surface area contributed by atoms with Crippen LogP contribution in [0.15, 0.2) is 24.3 Å². The fourth-order valence-electron chi connectivity index (χ4n) is 2.52. The first-order valence-electron chi connectivity index (χ1n) is 7.45. The number of rotatable bonds is 9. The van der Waals surface area contributed by atoms with E-state index in [9.17, 15) is 4.39 Å². The lowest BCUT2D eigenvalue weighted by Gasteiger charge is -2.32. The Kier molecular flexibility index (Phi) is 7.49. The molecule has 0 saturated heterocycles. The standard InChI is InChI=1S/C16H27FN2/c1-3-5-6-7-10-14(13-18)19(4-2)16-12-9-8-11-15(16)17/h8-9,11-12,14H,3-7,10,13,18H2,1-2H3. The first-order valence-corrected chi connectivity index (χ1v) is 7.45. The molecular weight excluding hydrogens is 239 g/mol. The fraction of sp³-hybridized carbons (Fsp3) is 0.625. The minimum Gasteiger partial charge on any atom is -0.365 e. The Morgan fingerprint density at radius 3 is 2.47 bits per heavy atom. The number of hydrogen-bond acceptors (Lipinski definition) is 2. The van der Waals surface area contributed by atoms with Gasteiger partial charge in [0, 0.05) is 19.1 Å². The predicted octanol–water partition coefficient (Wildman–Crippen LogP) is 3.95. The molecule has 1 aromatic carbocycles. The average molecular weight is 266 g/mol. The first kappa shape index (κ1) is 16.0. The molecule has 0 spiro atoms. The van der Waals surface area contributed by atoms with Gasteiger partial charge in [-0.2, -0.15) is 0 Å². The molecular formula is C16H27FN2. The molecule has 0 saturated carbocycles. The number of likely N-dealkylation sites (N-methyl/N-ethyl adjacent to an activating group) is 1. The van der Waals surface area contributed by atoms with E-state index in [-0.39, 0.29) is 11.9 Å². The molecule has 0 fully saturated rings. The summed E-state index contributed by atoms with van der Waals surface area (Å²) in [5, 5.41) is 0. The maximum absolute atomic E-state index is 13.9. The number of nitrogens with zero attached hydrogens (tertiary/aromatic N) is 1. The molecule has 1 aromatic rings. The molecule has 0 aromatic heterocycles. The monoisotopic (exact) mass is 266 g/mol. The maximum atomic E-state index is 13.9. The van der Waals surface area contributed by atoms with Crippen LogP contribution in [0, 0.1) is 5.82 Å². The molecule has 2 N–H and O–H groups in total. The fourth-order valence-corrected chi connectivity index (χ4v) is 2.52. The summed E-state index contributed by atoms with van der Waals surface area (Å²) < 4.78 is 13.9. The number of anilines is 1. The number of para-hydroxylation sites is 1. The third-order valence-corrected chi connectivity index (χ3v) is 3.61. The van der Waals surface area contributed by atoms with Crippen LogP contribution >= 0.6 is 0 Å². The minimum atomic E-state index is -0.156. The van der Waals surface area contributed by atoms with Crippen LogP contribution in [0.25, 0.3) is 0 Å². The van der Waals surface area contributed by atoms with Gasteiger partial charge in [0.2, 0.25) is 0 Å². The molecule has 0 aliphatic carbocycles. The number of benzene rings is 1. The Labute approximate surface area is 116 Å². The highest BCUT2D eigenvalue weighted by atomic mass is 19.1. The Morgan fingerprint density at radius 2 is 1.89 bits per heavy atom. The maximum Gasteiger partial charge on any atom is 0.146 e. The second-order valence-electron chi connectivity index (χ2n) is 4.98. The lowest BCUT2D eigenvalue weighted by Crippen LogP contribution is -2.41. The van der Waals surface area contributed by atoms with E-state index in [0.29, 0.717) is 12.2 Å².